The lowest BCUT2D eigenvalue weighted by atomic mass is 10.1. The Morgan fingerprint density at radius 3 is 2.42 bits per heavy atom. The van der Waals surface area contributed by atoms with Crippen LogP contribution in [0.5, 0.6) is 0 Å². The van der Waals surface area contributed by atoms with Gasteiger partial charge in [0.1, 0.15) is 0 Å². The molecule has 1 aliphatic carbocycles. The molecule has 2 atom stereocenters. The number of halogens is 2. The Labute approximate surface area is 75.0 Å². The van der Waals surface area contributed by atoms with Crippen molar-refractivity contribution in [2.45, 2.75) is 13.8 Å². The van der Waals surface area contributed by atoms with Gasteiger partial charge < -0.3 is 5.11 Å². The fourth-order valence-electron chi connectivity index (χ4n) is 1.60. The van der Waals surface area contributed by atoms with Crippen LogP contribution in [-0.2, 0) is 4.79 Å². The van der Waals surface area contributed by atoms with E-state index in [-0.39, 0.29) is 11.3 Å². The van der Waals surface area contributed by atoms with Crippen LogP contribution in [-0.4, -0.2) is 11.1 Å². The molecule has 12 heavy (non-hydrogen) atoms. The largest absolute Gasteiger partial charge is 0.481 e. The minimum atomic E-state index is -0.890. The van der Waals surface area contributed by atoms with Crippen LogP contribution in [0.15, 0.2) is 11.4 Å². The molecule has 1 fully saturated rings. The first-order valence-electron chi connectivity index (χ1n) is 3.63. The maximum atomic E-state index is 12.2. The first-order valence-corrected chi connectivity index (χ1v) is 4.01. The SMILES string of the molecule is CC1(C)C(C(=O)O)[C@@H]1/C=C(\F)Cl. The highest BCUT2D eigenvalue weighted by atomic mass is 35.5. The van der Waals surface area contributed by atoms with Gasteiger partial charge in [0.2, 0.25) is 0 Å². The Morgan fingerprint density at radius 1 is 1.67 bits per heavy atom. The fourth-order valence-corrected chi connectivity index (χ4v) is 1.73. The molecule has 4 heteroatoms. The minimum Gasteiger partial charge on any atom is -0.481 e. The molecule has 0 heterocycles. The summed E-state index contributed by atoms with van der Waals surface area (Å²) in [7, 11) is 0. The first kappa shape index (κ1) is 9.52. The van der Waals surface area contributed by atoms with E-state index in [0.29, 0.717) is 0 Å². The van der Waals surface area contributed by atoms with Gasteiger partial charge in [-0.05, 0) is 11.5 Å². The zero-order chi connectivity index (χ0) is 9.52. The van der Waals surface area contributed by atoms with Crippen LogP contribution in [0.25, 0.3) is 0 Å². The van der Waals surface area contributed by atoms with Gasteiger partial charge in [0, 0.05) is 5.92 Å². The van der Waals surface area contributed by atoms with Gasteiger partial charge in [-0.3, -0.25) is 4.79 Å². The molecule has 0 amide bonds. The van der Waals surface area contributed by atoms with E-state index in [4.69, 9.17) is 16.7 Å². The second kappa shape index (κ2) is 2.73. The zero-order valence-electron chi connectivity index (χ0n) is 6.84. The molecule has 0 aromatic carbocycles. The molecule has 0 radical (unpaired) electrons. The smallest absolute Gasteiger partial charge is 0.307 e. The molecule has 1 rings (SSSR count). The van der Waals surface area contributed by atoms with Gasteiger partial charge in [0.15, 0.2) is 5.29 Å². The van der Waals surface area contributed by atoms with E-state index in [0.717, 1.165) is 0 Å². The number of rotatable bonds is 2. The summed E-state index contributed by atoms with van der Waals surface area (Å²) in [6, 6.07) is 0. The van der Waals surface area contributed by atoms with Gasteiger partial charge in [-0.1, -0.05) is 25.4 Å². The third-order valence-electron chi connectivity index (χ3n) is 2.48. The predicted molar refractivity (Wildman–Crippen MR) is 43.4 cm³/mol. The Bertz CT molecular complexity index is 243. The van der Waals surface area contributed by atoms with Gasteiger partial charge in [-0.15, -0.1) is 0 Å². The number of carbonyl (C=O) groups is 1. The molecular weight excluding hydrogens is 183 g/mol. The van der Waals surface area contributed by atoms with Gasteiger partial charge >= 0.3 is 5.97 Å². The van der Waals surface area contributed by atoms with E-state index in [1.165, 1.54) is 6.08 Å². The maximum absolute atomic E-state index is 12.2. The van der Waals surface area contributed by atoms with E-state index in [2.05, 4.69) is 0 Å². The molecule has 2 nitrogen and oxygen atoms in total. The number of hydrogen-bond acceptors (Lipinski definition) is 1. The summed E-state index contributed by atoms with van der Waals surface area (Å²) in [6.45, 7) is 3.57. The first-order chi connectivity index (χ1) is 5.37. The van der Waals surface area contributed by atoms with Crippen molar-refractivity contribution < 1.29 is 14.3 Å². The molecule has 1 N–H and O–H groups in total. The third kappa shape index (κ3) is 1.46. The van der Waals surface area contributed by atoms with Crippen molar-refractivity contribution in [3.05, 3.63) is 11.4 Å². The number of carboxylic acid groups (broad SMARTS) is 1. The average molecular weight is 193 g/mol. The fraction of sp³-hybridized carbons (Fsp3) is 0.625. The molecule has 0 aromatic heterocycles. The van der Waals surface area contributed by atoms with Crippen LogP contribution in [0.3, 0.4) is 0 Å². The van der Waals surface area contributed by atoms with Gasteiger partial charge in [-0.25, -0.2) is 0 Å². The lowest BCUT2D eigenvalue weighted by Gasteiger charge is -1.95. The van der Waals surface area contributed by atoms with Crippen LogP contribution >= 0.6 is 11.6 Å². The van der Waals surface area contributed by atoms with Gasteiger partial charge in [0.25, 0.3) is 0 Å². The van der Waals surface area contributed by atoms with E-state index < -0.39 is 17.2 Å². The summed E-state index contributed by atoms with van der Waals surface area (Å²) in [4.78, 5) is 10.6. The Hall–Kier alpha value is -0.570. The number of carboxylic acids is 1. The standard InChI is InChI=1S/C8H10ClFO2/c1-8(2)4(3-5(9)10)6(8)7(11)12/h3-4,6H,1-2H3,(H,11,12)/b5-3-/t4-,6?/m0/s1. The molecule has 0 aliphatic heterocycles. The van der Waals surface area contributed by atoms with Gasteiger partial charge in [0.05, 0.1) is 5.92 Å². The average Bonchev–Trinajstić information content (AvgIpc) is 2.32. The number of hydrogen-bond donors (Lipinski definition) is 1. The topological polar surface area (TPSA) is 37.3 Å². The zero-order valence-corrected chi connectivity index (χ0v) is 7.60. The minimum absolute atomic E-state index is 0.271. The summed E-state index contributed by atoms with van der Waals surface area (Å²) in [5.41, 5.74) is -0.363. The van der Waals surface area contributed by atoms with Crippen molar-refractivity contribution in [1.82, 2.24) is 0 Å². The van der Waals surface area contributed by atoms with Crippen LogP contribution < -0.4 is 0 Å². The summed E-state index contributed by atoms with van der Waals surface area (Å²) < 4.78 is 12.2. The van der Waals surface area contributed by atoms with Crippen LogP contribution in [0, 0.1) is 17.3 Å². The molecule has 1 unspecified atom stereocenters. The van der Waals surface area contributed by atoms with E-state index in [9.17, 15) is 9.18 Å². The maximum Gasteiger partial charge on any atom is 0.307 e. The quantitative estimate of drug-likeness (QED) is 0.730. The summed E-state index contributed by atoms with van der Waals surface area (Å²) in [5.74, 6) is -1.66. The molecule has 68 valence electrons. The lowest BCUT2D eigenvalue weighted by molar-refractivity contribution is -0.139. The molecule has 1 aliphatic rings. The van der Waals surface area contributed by atoms with Crippen molar-refractivity contribution >= 4 is 17.6 Å². The molecule has 1 saturated carbocycles. The molecule has 0 bridgehead atoms. The van der Waals surface area contributed by atoms with E-state index in [1.807, 2.05) is 0 Å². The van der Waals surface area contributed by atoms with Crippen molar-refractivity contribution in [3.63, 3.8) is 0 Å². The number of aliphatic carboxylic acids is 1. The van der Waals surface area contributed by atoms with Crippen molar-refractivity contribution in [2.75, 3.05) is 0 Å². The van der Waals surface area contributed by atoms with Crippen LogP contribution in [0.4, 0.5) is 4.39 Å². The molecule has 0 spiro atoms. The summed E-state index contributed by atoms with van der Waals surface area (Å²) in [5, 5.41) is 7.86. The van der Waals surface area contributed by atoms with E-state index >= 15 is 0 Å². The molecule has 0 saturated heterocycles. The second-order valence-corrected chi connectivity index (χ2v) is 3.98. The molecular formula is C8H10ClFO2. The normalized spacial score (nSPS) is 33.2. The summed E-state index contributed by atoms with van der Waals surface area (Å²) >= 11 is 5.01. The Balaban J connectivity index is 2.73. The summed E-state index contributed by atoms with van der Waals surface area (Å²) in [6.07, 6.45) is 1.17. The Kier molecular flexibility index (Phi) is 2.17. The Morgan fingerprint density at radius 2 is 2.17 bits per heavy atom. The van der Waals surface area contributed by atoms with Crippen LogP contribution in [0.2, 0.25) is 0 Å². The monoisotopic (exact) mass is 192 g/mol. The lowest BCUT2D eigenvalue weighted by Crippen LogP contribution is -2.02. The third-order valence-corrected chi connectivity index (χ3v) is 2.61. The molecule has 0 aromatic rings. The van der Waals surface area contributed by atoms with Gasteiger partial charge in [-0.2, -0.15) is 4.39 Å². The highest BCUT2D eigenvalue weighted by molar-refractivity contribution is 6.28. The van der Waals surface area contributed by atoms with E-state index in [1.54, 1.807) is 13.8 Å². The van der Waals surface area contributed by atoms with Crippen LogP contribution in [0.1, 0.15) is 13.8 Å². The van der Waals surface area contributed by atoms with Crippen molar-refractivity contribution in [3.8, 4) is 0 Å². The predicted octanol–water partition coefficient (Wildman–Crippen LogP) is 2.39. The highest BCUT2D eigenvalue weighted by Crippen LogP contribution is 2.59. The number of allylic oxidation sites excluding steroid dienone is 1. The second-order valence-electron chi connectivity index (χ2n) is 3.62. The van der Waals surface area contributed by atoms with Crippen molar-refractivity contribution in [1.29, 1.82) is 0 Å². The highest BCUT2D eigenvalue weighted by Gasteiger charge is 2.61. The van der Waals surface area contributed by atoms with Crippen molar-refractivity contribution in [2.24, 2.45) is 17.3 Å².